The van der Waals surface area contributed by atoms with E-state index in [1.54, 1.807) is 25.3 Å². The Morgan fingerprint density at radius 1 is 1.38 bits per heavy atom. The number of nitrogens with zero attached hydrogens (tertiary/aromatic N) is 3. The molecule has 1 heterocycles. The molecule has 9 heteroatoms. The van der Waals surface area contributed by atoms with E-state index < -0.39 is 10.0 Å². The number of hydrogen-bond acceptors (Lipinski definition) is 5. The van der Waals surface area contributed by atoms with Gasteiger partial charge in [-0.15, -0.1) is 0 Å². The molecule has 0 saturated carbocycles. The predicted molar refractivity (Wildman–Crippen MR) is 99.4 cm³/mol. The fourth-order valence-corrected chi connectivity index (χ4v) is 3.61. The largest absolute Gasteiger partial charge is 0.383 e. The molecule has 8 nitrogen and oxygen atoms in total. The lowest BCUT2D eigenvalue weighted by molar-refractivity contribution is -0.122. The molecular formula is C17H26N4O4S. The number of carbonyl (C=O) groups excluding carboxylic acids is 1. The fraction of sp³-hybridized carbons (Fsp3) is 0.529. The van der Waals surface area contributed by atoms with Gasteiger partial charge in [0.2, 0.25) is 15.9 Å². The average Bonchev–Trinajstić information content (AvgIpc) is 2.88. The lowest BCUT2D eigenvalue weighted by Gasteiger charge is -2.12. The average molecular weight is 382 g/mol. The van der Waals surface area contributed by atoms with Crippen molar-refractivity contribution >= 4 is 27.0 Å². The number of carbonyl (C=O) groups is 1. The first-order chi connectivity index (χ1) is 12.2. The van der Waals surface area contributed by atoms with Crippen molar-refractivity contribution in [3.8, 4) is 0 Å². The number of amides is 1. The molecule has 0 radical (unpaired) electrons. The Morgan fingerprint density at radius 2 is 2.08 bits per heavy atom. The van der Waals surface area contributed by atoms with Gasteiger partial charge in [-0.05, 0) is 25.1 Å². The van der Waals surface area contributed by atoms with E-state index in [2.05, 4.69) is 10.3 Å². The van der Waals surface area contributed by atoms with Crippen LogP contribution in [0.4, 0.5) is 0 Å². The summed E-state index contributed by atoms with van der Waals surface area (Å²) in [5.74, 6) is 0.659. The van der Waals surface area contributed by atoms with Gasteiger partial charge in [0.1, 0.15) is 5.82 Å². The van der Waals surface area contributed by atoms with Crippen LogP contribution in [0.15, 0.2) is 23.1 Å². The van der Waals surface area contributed by atoms with E-state index in [1.165, 1.54) is 18.4 Å². The maximum Gasteiger partial charge on any atom is 0.242 e. The van der Waals surface area contributed by atoms with E-state index in [-0.39, 0.29) is 16.8 Å². The number of sulfonamides is 1. The van der Waals surface area contributed by atoms with Gasteiger partial charge in [0.05, 0.1) is 22.5 Å². The molecule has 0 fully saturated rings. The first-order valence-corrected chi connectivity index (χ1v) is 9.77. The molecule has 2 aromatic rings. The highest BCUT2D eigenvalue weighted by molar-refractivity contribution is 7.89. The zero-order chi connectivity index (χ0) is 19.5. The SMILES string of the molecule is COC[C@@H](C)NC(=O)CCc1nc2cc(S(=O)(=O)N(C)C)ccc2n1C. The Labute approximate surface area is 154 Å². The highest BCUT2D eigenvalue weighted by atomic mass is 32.2. The van der Waals surface area contributed by atoms with E-state index in [0.29, 0.717) is 25.0 Å². The molecule has 1 aromatic heterocycles. The van der Waals surface area contributed by atoms with Crippen molar-refractivity contribution in [2.75, 3.05) is 27.8 Å². The summed E-state index contributed by atoms with van der Waals surface area (Å²) in [4.78, 5) is 16.7. The number of aryl methyl sites for hydroxylation is 2. The maximum atomic E-state index is 12.3. The summed E-state index contributed by atoms with van der Waals surface area (Å²) in [5, 5.41) is 2.86. The summed E-state index contributed by atoms with van der Waals surface area (Å²) in [6.07, 6.45) is 0.764. The number of imidazole rings is 1. The monoisotopic (exact) mass is 382 g/mol. The molecule has 1 atom stereocenters. The number of rotatable bonds is 8. The quantitative estimate of drug-likeness (QED) is 0.732. The van der Waals surface area contributed by atoms with Gasteiger partial charge in [0.15, 0.2) is 0 Å². The first kappa shape index (κ1) is 20.3. The van der Waals surface area contributed by atoms with Gasteiger partial charge < -0.3 is 14.6 Å². The molecule has 1 aromatic carbocycles. The van der Waals surface area contributed by atoms with Crippen LogP contribution in [0.5, 0.6) is 0 Å². The molecule has 0 aliphatic carbocycles. The van der Waals surface area contributed by atoms with Gasteiger partial charge in [0, 0.05) is 47.1 Å². The van der Waals surface area contributed by atoms with E-state index in [9.17, 15) is 13.2 Å². The molecule has 0 spiro atoms. The minimum atomic E-state index is -3.51. The third-order valence-electron chi connectivity index (χ3n) is 4.12. The summed E-state index contributed by atoms with van der Waals surface area (Å²) < 4.78 is 32.6. The van der Waals surface area contributed by atoms with Gasteiger partial charge >= 0.3 is 0 Å². The molecule has 0 aliphatic rings. The zero-order valence-electron chi connectivity index (χ0n) is 15.8. The Morgan fingerprint density at radius 3 is 2.69 bits per heavy atom. The van der Waals surface area contributed by atoms with Crippen LogP contribution >= 0.6 is 0 Å². The van der Waals surface area contributed by atoms with Crippen LogP contribution in [0.1, 0.15) is 19.2 Å². The lowest BCUT2D eigenvalue weighted by atomic mass is 10.2. The highest BCUT2D eigenvalue weighted by Crippen LogP contribution is 2.21. The van der Waals surface area contributed by atoms with Crippen molar-refractivity contribution in [2.45, 2.75) is 30.7 Å². The predicted octanol–water partition coefficient (Wildman–Crippen LogP) is 0.907. The van der Waals surface area contributed by atoms with Gasteiger partial charge in [-0.3, -0.25) is 4.79 Å². The summed E-state index contributed by atoms with van der Waals surface area (Å²) in [6.45, 7) is 2.34. The van der Waals surface area contributed by atoms with Crippen LogP contribution < -0.4 is 5.32 Å². The Bertz CT molecular complexity index is 890. The van der Waals surface area contributed by atoms with Crippen LogP contribution in [0.3, 0.4) is 0 Å². The van der Waals surface area contributed by atoms with Gasteiger partial charge in [0.25, 0.3) is 0 Å². The lowest BCUT2D eigenvalue weighted by Crippen LogP contribution is -2.35. The second kappa shape index (κ2) is 8.15. The van der Waals surface area contributed by atoms with Crippen LogP contribution in [-0.2, 0) is 33.0 Å². The summed E-state index contributed by atoms with van der Waals surface area (Å²) in [5.41, 5.74) is 1.42. The van der Waals surface area contributed by atoms with Gasteiger partial charge in [-0.2, -0.15) is 0 Å². The van der Waals surface area contributed by atoms with Crippen molar-refractivity contribution in [1.82, 2.24) is 19.2 Å². The van der Waals surface area contributed by atoms with E-state index in [1.807, 2.05) is 18.5 Å². The molecule has 0 saturated heterocycles. The molecule has 144 valence electrons. The zero-order valence-corrected chi connectivity index (χ0v) is 16.6. The number of methoxy groups -OCH3 is 1. The Kier molecular flexibility index (Phi) is 6.38. The molecule has 0 bridgehead atoms. The molecule has 26 heavy (non-hydrogen) atoms. The van der Waals surface area contributed by atoms with E-state index >= 15 is 0 Å². The third-order valence-corrected chi connectivity index (χ3v) is 5.93. The number of fused-ring (bicyclic) bond motifs is 1. The number of hydrogen-bond donors (Lipinski definition) is 1. The van der Waals surface area contributed by atoms with Gasteiger partial charge in [-0.1, -0.05) is 0 Å². The van der Waals surface area contributed by atoms with Crippen molar-refractivity contribution in [1.29, 1.82) is 0 Å². The maximum absolute atomic E-state index is 12.3. The normalized spacial score (nSPS) is 13.3. The number of nitrogens with one attached hydrogen (secondary N) is 1. The van der Waals surface area contributed by atoms with Crippen molar-refractivity contribution < 1.29 is 17.9 Å². The molecular weight excluding hydrogens is 356 g/mol. The van der Waals surface area contributed by atoms with Crippen LogP contribution in [-0.4, -0.2) is 62.0 Å². The second-order valence-corrected chi connectivity index (χ2v) is 8.60. The van der Waals surface area contributed by atoms with Crippen molar-refractivity contribution in [2.24, 2.45) is 7.05 Å². The van der Waals surface area contributed by atoms with Crippen LogP contribution in [0.2, 0.25) is 0 Å². The summed E-state index contributed by atoms with van der Waals surface area (Å²) in [6, 6.07) is 4.83. The van der Waals surface area contributed by atoms with Crippen LogP contribution in [0.25, 0.3) is 11.0 Å². The third kappa shape index (κ3) is 4.40. The second-order valence-electron chi connectivity index (χ2n) is 6.45. The van der Waals surface area contributed by atoms with Crippen LogP contribution in [0, 0.1) is 0 Å². The number of aromatic nitrogens is 2. The minimum absolute atomic E-state index is 0.0493. The molecule has 0 unspecified atom stereocenters. The highest BCUT2D eigenvalue weighted by Gasteiger charge is 2.19. The molecule has 1 N–H and O–H groups in total. The first-order valence-electron chi connectivity index (χ1n) is 8.33. The Hall–Kier alpha value is -1.97. The molecule has 2 rings (SSSR count). The summed E-state index contributed by atoms with van der Waals surface area (Å²) in [7, 11) is 2.92. The van der Waals surface area contributed by atoms with Crippen molar-refractivity contribution in [3.05, 3.63) is 24.0 Å². The van der Waals surface area contributed by atoms with E-state index in [4.69, 9.17) is 4.74 Å². The topological polar surface area (TPSA) is 93.5 Å². The number of benzene rings is 1. The van der Waals surface area contributed by atoms with E-state index in [0.717, 1.165) is 11.3 Å². The van der Waals surface area contributed by atoms with Crippen molar-refractivity contribution in [3.63, 3.8) is 0 Å². The number of ether oxygens (including phenoxy) is 1. The summed E-state index contributed by atoms with van der Waals surface area (Å²) >= 11 is 0. The smallest absolute Gasteiger partial charge is 0.242 e. The van der Waals surface area contributed by atoms with Gasteiger partial charge in [-0.25, -0.2) is 17.7 Å². The molecule has 1 amide bonds. The fourth-order valence-electron chi connectivity index (χ4n) is 2.69. The minimum Gasteiger partial charge on any atom is -0.383 e. The Balaban J connectivity index is 2.17. The standard InChI is InChI=1S/C17H26N4O4S/c1-12(11-25-5)18-17(22)9-8-16-19-14-10-13(26(23,24)20(2)3)6-7-15(14)21(16)4/h6-7,10,12H,8-9,11H2,1-5H3,(H,18,22)/t12-/m1/s1. The molecule has 0 aliphatic heterocycles.